The molecule has 3 aliphatic carbocycles. The van der Waals surface area contributed by atoms with Crippen LogP contribution in [0.2, 0.25) is 0 Å². The van der Waals surface area contributed by atoms with Crippen molar-refractivity contribution >= 4 is 35.7 Å². The Bertz CT molecular complexity index is 2370. The molecule has 11 atom stereocenters. The number of amides is 1. The molecule has 0 spiro atoms. The van der Waals surface area contributed by atoms with Crippen molar-refractivity contribution in [1.82, 2.24) is 14.9 Å². The maximum Gasteiger partial charge on any atom is 0.508 e. The number of imidazole rings is 1. The number of aromatic nitrogens is 2. The number of ketones is 1. The van der Waals surface area contributed by atoms with E-state index in [4.69, 9.17) is 23.7 Å². The van der Waals surface area contributed by atoms with E-state index in [1.54, 1.807) is 48.5 Å². The lowest BCUT2D eigenvalue weighted by Gasteiger charge is -2.67. The van der Waals surface area contributed by atoms with E-state index in [0.717, 1.165) is 0 Å². The van der Waals surface area contributed by atoms with Gasteiger partial charge < -0.3 is 59.5 Å². The monoisotopic (exact) mass is 904 g/mol. The van der Waals surface area contributed by atoms with Gasteiger partial charge in [-0.25, -0.2) is 19.0 Å². The zero-order chi connectivity index (χ0) is 47.2. The van der Waals surface area contributed by atoms with E-state index < -0.39 is 124 Å². The molecule has 1 aliphatic heterocycles. The summed E-state index contributed by atoms with van der Waals surface area (Å²) in [5.74, 6) is -5.88. The van der Waals surface area contributed by atoms with Crippen LogP contribution in [0.1, 0.15) is 75.8 Å². The Morgan fingerprint density at radius 1 is 1.03 bits per heavy atom. The fourth-order valence-corrected chi connectivity index (χ4v) is 10.3. The van der Waals surface area contributed by atoms with Gasteiger partial charge in [0.2, 0.25) is 5.91 Å². The predicted octanol–water partition coefficient (Wildman–Crippen LogP) is 2.66. The molecule has 5 N–H and O–H groups in total. The zero-order valence-electron chi connectivity index (χ0n) is 36.3. The average molecular weight is 905 g/mol. The minimum Gasteiger partial charge on any atom is -0.456 e. The summed E-state index contributed by atoms with van der Waals surface area (Å²) in [5.41, 5.74) is -7.96. The third kappa shape index (κ3) is 8.17. The second-order valence-electron chi connectivity index (χ2n) is 17.8. The first-order chi connectivity index (χ1) is 30.7. The van der Waals surface area contributed by atoms with Gasteiger partial charge in [-0.15, -0.1) is 0 Å². The van der Waals surface area contributed by atoms with Crippen LogP contribution in [-0.2, 0) is 44.6 Å². The predicted molar refractivity (Wildman–Crippen MR) is 222 cm³/mol. The number of esters is 2. The number of ether oxygens (including phenoxy) is 5. The van der Waals surface area contributed by atoms with Gasteiger partial charge >= 0.3 is 24.0 Å². The minimum absolute atomic E-state index is 0.0319. The summed E-state index contributed by atoms with van der Waals surface area (Å²) in [6.07, 6.45) is -9.63. The van der Waals surface area contributed by atoms with Crippen LogP contribution < -0.4 is 5.32 Å². The summed E-state index contributed by atoms with van der Waals surface area (Å²) < 4.78 is 30.5. The summed E-state index contributed by atoms with van der Waals surface area (Å²) in [6, 6.07) is 14.6. The Hall–Kier alpha value is -6.06. The maximum atomic E-state index is 15.3. The molecule has 7 rings (SSSR count). The molecular formula is C45H52N4O16. The number of aliphatic hydroxyl groups is 4. The molecular weight excluding hydrogens is 853 g/mol. The van der Waals surface area contributed by atoms with Crippen LogP contribution in [0.5, 0.6) is 0 Å². The topological polar surface area (TPSA) is 285 Å². The molecule has 1 amide bonds. The summed E-state index contributed by atoms with van der Waals surface area (Å²) in [6.45, 7) is 6.37. The Morgan fingerprint density at radius 3 is 2.31 bits per heavy atom. The first-order valence-electron chi connectivity index (χ1n) is 21.1. The van der Waals surface area contributed by atoms with Crippen LogP contribution in [0.4, 0.5) is 10.7 Å². The van der Waals surface area contributed by atoms with Gasteiger partial charge in [0.1, 0.15) is 48.0 Å². The zero-order valence-corrected chi connectivity index (χ0v) is 36.3. The molecule has 65 heavy (non-hydrogen) atoms. The van der Waals surface area contributed by atoms with Crippen molar-refractivity contribution in [1.29, 1.82) is 0 Å². The number of aryl methyl sites for hydroxylation is 1. The third-order valence-electron chi connectivity index (χ3n) is 13.8. The van der Waals surface area contributed by atoms with Gasteiger partial charge in [-0.1, -0.05) is 67.4 Å². The van der Waals surface area contributed by atoms with Crippen molar-refractivity contribution in [3.8, 4) is 0 Å². The number of aliphatic hydroxyl groups excluding tert-OH is 2. The molecule has 10 unspecified atom stereocenters. The Kier molecular flexibility index (Phi) is 12.8. The maximum absolute atomic E-state index is 15.3. The van der Waals surface area contributed by atoms with Gasteiger partial charge in [0.05, 0.1) is 42.9 Å². The molecule has 1 saturated heterocycles. The van der Waals surface area contributed by atoms with Crippen LogP contribution in [0.15, 0.2) is 84.2 Å². The molecule has 1 aromatic heterocycles. The molecule has 348 valence electrons. The highest BCUT2D eigenvalue weighted by atomic mass is 16.7. The molecule has 2 aromatic carbocycles. The number of carbonyl (C=O) groups excluding carboxylic acids is 5. The molecule has 20 nitrogen and oxygen atoms in total. The van der Waals surface area contributed by atoms with Gasteiger partial charge in [0.15, 0.2) is 11.9 Å². The normalized spacial score (nSPS) is 31.0. The number of nitrogens with one attached hydrogen (secondary N) is 1. The lowest BCUT2D eigenvalue weighted by molar-refractivity contribution is -0.396. The summed E-state index contributed by atoms with van der Waals surface area (Å²) in [5, 5.41) is 63.8. The second-order valence-corrected chi connectivity index (χ2v) is 17.8. The Balaban J connectivity index is 1.28. The molecule has 2 saturated carbocycles. The number of nitro groups is 1. The highest BCUT2D eigenvalue weighted by molar-refractivity contribution is 5.94. The first kappa shape index (κ1) is 46.9. The third-order valence-corrected chi connectivity index (χ3v) is 13.8. The summed E-state index contributed by atoms with van der Waals surface area (Å²) in [7, 11) is 0. The molecule has 2 bridgehead atoms. The number of hydrogen-bond donors (Lipinski definition) is 5. The Labute approximate surface area is 372 Å². The second kappa shape index (κ2) is 17.7. The largest absolute Gasteiger partial charge is 0.508 e. The lowest BCUT2D eigenvalue weighted by atomic mass is 9.44. The number of nitrogens with zero attached hydrogens (tertiary/aromatic N) is 3. The van der Waals surface area contributed by atoms with E-state index in [2.05, 4.69) is 10.3 Å². The number of fused-ring (bicyclic) bond motifs is 5. The van der Waals surface area contributed by atoms with Crippen molar-refractivity contribution in [3.63, 3.8) is 0 Å². The van der Waals surface area contributed by atoms with E-state index in [1.165, 1.54) is 63.7 Å². The number of carbonyl (C=O) groups is 5. The van der Waals surface area contributed by atoms with Crippen molar-refractivity contribution in [2.45, 2.75) is 114 Å². The quantitative estimate of drug-likeness (QED) is 0.0412. The lowest BCUT2D eigenvalue weighted by Crippen LogP contribution is -2.81. The van der Waals surface area contributed by atoms with Crippen molar-refractivity contribution in [2.24, 2.45) is 16.7 Å². The number of benzene rings is 2. The first-order valence-corrected chi connectivity index (χ1v) is 21.1. The van der Waals surface area contributed by atoms with Crippen molar-refractivity contribution in [2.75, 3.05) is 13.2 Å². The molecule has 20 heteroatoms. The van der Waals surface area contributed by atoms with E-state index in [0.29, 0.717) is 5.56 Å². The van der Waals surface area contributed by atoms with E-state index in [1.807, 2.05) is 0 Å². The Morgan fingerprint density at radius 2 is 1.69 bits per heavy atom. The van der Waals surface area contributed by atoms with Crippen LogP contribution in [0.3, 0.4) is 0 Å². The number of rotatable bonds is 13. The summed E-state index contributed by atoms with van der Waals surface area (Å²) in [4.78, 5) is 83.5. The van der Waals surface area contributed by atoms with Crippen LogP contribution in [0, 0.1) is 26.9 Å². The highest BCUT2D eigenvalue weighted by Gasteiger charge is 2.77. The van der Waals surface area contributed by atoms with Gasteiger partial charge in [-0.2, -0.15) is 0 Å². The smallest absolute Gasteiger partial charge is 0.456 e. The SMILES string of the molecule is CC(=O)NC(c1ccccc1)C(O)C(=O)OC1CC2(O)C(OC(=O)c3ccccc3)C3C4(O)COC4CC(OC(=O)OCCCn4ccnc4[N+](=O)[O-])[C@@]3(C)C(=O)C(O)C(=C1C)C2(C)C. The van der Waals surface area contributed by atoms with Crippen LogP contribution >= 0.6 is 0 Å². The molecule has 3 aromatic rings. The van der Waals surface area contributed by atoms with Gasteiger partial charge in [0.25, 0.3) is 0 Å². The van der Waals surface area contributed by atoms with E-state index >= 15 is 4.79 Å². The van der Waals surface area contributed by atoms with Crippen LogP contribution in [-0.4, -0.2) is 126 Å². The van der Waals surface area contributed by atoms with Crippen molar-refractivity contribution < 1.29 is 73.0 Å². The highest BCUT2D eigenvalue weighted by Crippen LogP contribution is 2.63. The fourth-order valence-electron chi connectivity index (χ4n) is 10.3. The molecule has 4 aliphatic rings. The molecule has 3 fully saturated rings. The number of hydrogen-bond acceptors (Lipinski definition) is 17. The van der Waals surface area contributed by atoms with Gasteiger partial charge in [0, 0.05) is 37.5 Å². The molecule has 2 heterocycles. The average Bonchev–Trinajstić information content (AvgIpc) is 3.75. The van der Waals surface area contributed by atoms with E-state index in [-0.39, 0.29) is 42.7 Å². The number of Topliss-reactive ketones (excluding diaryl/α,β-unsaturated/α-hetero) is 1. The molecule has 0 radical (unpaired) electrons. The van der Waals surface area contributed by atoms with Gasteiger partial charge in [-0.3, -0.25) is 9.59 Å². The van der Waals surface area contributed by atoms with Crippen LogP contribution in [0.25, 0.3) is 0 Å². The van der Waals surface area contributed by atoms with Crippen molar-refractivity contribution in [3.05, 3.63) is 105 Å². The fraction of sp³-hybridized carbons (Fsp3) is 0.511. The minimum atomic E-state index is -2.43. The van der Waals surface area contributed by atoms with Gasteiger partial charge in [-0.05, 0) is 47.6 Å². The standard InChI is InChI=1S/C45H52N4O16/c1-24-28(63-39(55)34(52)32(47-25(2)50)26-13-8-6-9-14-26)22-45(58)37(65-38(54)27-15-10-7-11-16-27)35-43(5,36(53)33(51)31(24)42(45,3)4)29(21-30-44(35,57)23-62-30)64-41(56)61-20-12-18-48-19-17-46-40(48)49(59)60/h6-11,13-17,19,28-30,32-35,37,51-52,57-58H,12,18,20-23H2,1-5H3,(H,47,50)/t28?,29?,30?,32?,33?,34?,35?,37?,43-,44?,45?/m1/s1. The summed E-state index contributed by atoms with van der Waals surface area (Å²) >= 11 is 0. The van der Waals surface area contributed by atoms with E-state index in [9.17, 15) is 49.7 Å².